The van der Waals surface area contributed by atoms with E-state index >= 15 is 0 Å². The Hall–Kier alpha value is -1.54. The molecule has 6 heteroatoms. The maximum absolute atomic E-state index is 12.0. The zero-order valence-corrected chi connectivity index (χ0v) is 12.5. The van der Waals surface area contributed by atoms with Crippen LogP contribution in [0.1, 0.15) is 15.9 Å². The lowest BCUT2D eigenvalue weighted by molar-refractivity contribution is 0.102. The van der Waals surface area contributed by atoms with Crippen molar-refractivity contribution in [1.82, 2.24) is 4.98 Å². The number of carbonyl (C=O) groups excluding carboxylic acids is 1. The molecular weight excluding hydrogens is 315 g/mol. The van der Waals surface area contributed by atoms with Crippen molar-refractivity contribution in [1.29, 1.82) is 5.26 Å². The molecule has 1 aromatic heterocycles. The highest BCUT2D eigenvalue weighted by Gasteiger charge is 2.09. The maximum atomic E-state index is 12.0. The number of nitrogens with zero attached hydrogens (tertiary/aromatic N) is 2. The second-order valence-corrected chi connectivity index (χ2v) is 5.65. The first-order chi connectivity index (χ1) is 9.60. The molecule has 0 bridgehead atoms. The maximum Gasteiger partial charge on any atom is 0.173 e. The second kappa shape index (κ2) is 6.76. The molecule has 1 heterocycles. The highest BCUT2D eigenvalue weighted by molar-refractivity contribution is 7.99. The highest BCUT2D eigenvalue weighted by Crippen LogP contribution is 2.24. The van der Waals surface area contributed by atoms with Crippen molar-refractivity contribution in [3.63, 3.8) is 0 Å². The van der Waals surface area contributed by atoms with Gasteiger partial charge in [0.2, 0.25) is 0 Å². The summed E-state index contributed by atoms with van der Waals surface area (Å²) in [5.74, 6) is 0.151. The van der Waals surface area contributed by atoms with Crippen molar-refractivity contribution in [2.45, 2.75) is 5.03 Å². The van der Waals surface area contributed by atoms with Crippen LogP contribution < -0.4 is 0 Å². The van der Waals surface area contributed by atoms with Crippen molar-refractivity contribution in [2.24, 2.45) is 0 Å². The van der Waals surface area contributed by atoms with E-state index in [1.807, 2.05) is 6.07 Å². The standard InChI is InChI=1S/C14H8Cl2N2OS/c15-11-2-1-10(6-12(11)16)13(19)8-20-14-5-9(7-17)3-4-18-14/h1-6H,8H2. The van der Waals surface area contributed by atoms with E-state index in [2.05, 4.69) is 4.98 Å². The molecule has 0 radical (unpaired) electrons. The summed E-state index contributed by atoms with van der Waals surface area (Å²) in [6, 6.07) is 10.1. The van der Waals surface area contributed by atoms with Crippen LogP contribution in [-0.4, -0.2) is 16.5 Å². The van der Waals surface area contributed by atoms with Gasteiger partial charge in [0.25, 0.3) is 0 Å². The van der Waals surface area contributed by atoms with Crippen molar-refractivity contribution in [3.8, 4) is 6.07 Å². The third-order valence-electron chi connectivity index (χ3n) is 2.46. The van der Waals surface area contributed by atoms with Crippen LogP contribution in [0, 0.1) is 11.3 Å². The summed E-state index contributed by atoms with van der Waals surface area (Å²) >= 11 is 13.0. The quantitative estimate of drug-likeness (QED) is 0.624. The van der Waals surface area contributed by atoms with E-state index in [0.717, 1.165) is 0 Å². The third kappa shape index (κ3) is 3.73. The van der Waals surface area contributed by atoms with Gasteiger partial charge in [0.1, 0.15) is 0 Å². The van der Waals surface area contributed by atoms with Crippen molar-refractivity contribution < 1.29 is 4.79 Å². The number of hydrogen-bond acceptors (Lipinski definition) is 4. The zero-order valence-electron chi connectivity index (χ0n) is 10.1. The molecule has 1 aromatic carbocycles. The van der Waals surface area contributed by atoms with Gasteiger partial charge in [0.15, 0.2) is 5.78 Å². The summed E-state index contributed by atoms with van der Waals surface area (Å²) in [4.78, 5) is 16.1. The van der Waals surface area contributed by atoms with E-state index in [-0.39, 0.29) is 11.5 Å². The monoisotopic (exact) mass is 322 g/mol. The van der Waals surface area contributed by atoms with Crippen LogP contribution in [0.2, 0.25) is 10.0 Å². The van der Waals surface area contributed by atoms with Crippen LogP contribution in [0.5, 0.6) is 0 Å². The van der Waals surface area contributed by atoms with Gasteiger partial charge in [0, 0.05) is 11.8 Å². The van der Waals surface area contributed by atoms with Crippen LogP contribution in [0.4, 0.5) is 0 Å². The molecule has 20 heavy (non-hydrogen) atoms. The predicted octanol–water partition coefficient (Wildman–Crippen LogP) is 4.24. The van der Waals surface area contributed by atoms with E-state index < -0.39 is 0 Å². The molecule has 0 saturated heterocycles. The fourth-order valence-corrected chi connectivity index (χ4v) is 2.54. The van der Waals surface area contributed by atoms with E-state index in [0.29, 0.717) is 26.2 Å². The summed E-state index contributed by atoms with van der Waals surface area (Å²) in [6.07, 6.45) is 1.55. The average Bonchev–Trinajstić information content (AvgIpc) is 2.47. The number of ketones is 1. The Morgan fingerprint density at radius 2 is 2.05 bits per heavy atom. The summed E-state index contributed by atoms with van der Waals surface area (Å²) in [5, 5.41) is 10.2. The molecular formula is C14H8Cl2N2OS. The third-order valence-corrected chi connectivity index (χ3v) is 4.12. The first-order valence-electron chi connectivity index (χ1n) is 5.57. The smallest absolute Gasteiger partial charge is 0.173 e. The van der Waals surface area contributed by atoms with Gasteiger partial charge in [-0.2, -0.15) is 5.26 Å². The van der Waals surface area contributed by atoms with E-state index in [4.69, 9.17) is 28.5 Å². The van der Waals surface area contributed by atoms with Gasteiger partial charge in [-0.05, 0) is 30.3 Å². The van der Waals surface area contributed by atoms with Crippen LogP contribution in [-0.2, 0) is 0 Å². The molecule has 0 atom stereocenters. The molecule has 0 spiro atoms. The van der Waals surface area contributed by atoms with Crippen molar-refractivity contribution in [2.75, 3.05) is 5.75 Å². The summed E-state index contributed by atoms with van der Waals surface area (Å²) < 4.78 is 0. The van der Waals surface area contributed by atoms with Crippen molar-refractivity contribution in [3.05, 3.63) is 57.7 Å². The summed E-state index contributed by atoms with van der Waals surface area (Å²) in [5.41, 5.74) is 1.02. The number of Topliss-reactive ketones (excluding diaryl/α,β-unsaturated/α-hetero) is 1. The molecule has 0 N–H and O–H groups in total. The van der Waals surface area contributed by atoms with E-state index in [1.165, 1.54) is 11.8 Å². The van der Waals surface area contributed by atoms with E-state index in [1.54, 1.807) is 36.5 Å². The zero-order chi connectivity index (χ0) is 14.5. The summed E-state index contributed by atoms with van der Waals surface area (Å²) in [7, 11) is 0. The lowest BCUT2D eigenvalue weighted by Gasteiger charge is -2.03. The highest BCUT2D eigenvalue weighted by atomic mass is 35.5. The molecule has 0 unspecified atom stereocenters. The first kappa shape index (κ1) is 14.9. The predicted molar refractivity (Wildman–Crippen MR) is 80.5 cm³/mol. The topological polar surface area (TPSA) is 53.8 Å². The van der Waals surface area contributed by atoms with Gasteiger partial charge >= 0.3 is 0 Å². The Kier molecular flexibility index (Phi) is 5.02. The second-order valence-electron chi connectivity index (χ2n) is 3.84. The molecule has 0 amide bonds. The molecule has 100 valence electrons. The fourth-order valence-electron chi connectivity index (χ4n) is 1.45. The van der Waals surface area contributed by atoms with Crippen LogP contribution in [0.3, 0.4) is 0 Å². The largest absolute Gasteiger partial charge is 0.293 e. The molecule has 2 rings (SSSR count). The number of rotatable bonds is 4. The number of hydrogen-bond donors (Lipinski definition) is 0. The Labute approximate surface area is 130 Å². The minimum atomic E-state index is -0.0715. The Balaban J connectivity index is 2.05. The van der Waals surface area contributed by atoms with E-state index in [9.17, 15) is 4.79 Å². The number of thioether (sulfide) groups is 1. The molecule has 0 fully saturated rings. The molecule has 0 aliphatic carbocycles. The normalized spacial score (nSPS) is 10.1. The Morgan fingerprint density at radius 1 is 1.25 bits per heavy atom. The lowest BCUT2D eigenvalue weighted by atomic mass is 10.1. The van der Waals surface area contributed by atoms with Gasteiger partial charge < -0.3 is 0 Å². The number of halogens is 2. The Morgan fingerprint density at radius 3 is 2.75 bits per heavy atom. The number of aromatic nitrogens is 1. The molecule has 0 aliphatic heterocycles. The lowest BCUT2D eigenvalue weighted by Crippen LogP contribution is -2.02. The minimum absolute atomic E-state index is 0.0715. The SMILES string of the molecule is N#Cc1ccnc(SCC(=O)c2ccc(Cl)c(Cl)c2)c1. The van der Waals surface area contributed by atoms with Gasteiger partial charge in [-0.15, -0.1) is 0 Å². The number of nitriles is 1. The molecule has 3 nitrogen and oxygen atoms in total. The van der Waals surface area contributed by atoms with Gasteiger partial charge in [-0.25, -0.2) is 4.98 Å². The fraction of sp³-hybridized carbons (Fsp3) is 0.0714. The molecule has 0 aliphatic rings. The number of carbonyl (C=O) groups is 1. The average molecular weight is 323 g/mol. The van der Waals surface area contributed by atoms with Crippen LogP contribution in [0.25, 0.3) is 0 Å². The molecule has 0 saturated carbocycles. The van der Waals surface area contributed by atoms with Gasteiger partial charge in [0.05, 0.1) is 32.5 Å². The number of pyridine rings is 1. The first-order valence-corrected chi connectivity index (χ1v) is 7.31. The summed E-state index contributed by atoms with van der Waals surface area (Å²) in [6.45, 7) is 0. The van der Waals surface area contributed by atoms with Crippen LogP contribution >= 0.6 is 35.0 Å². The molecule has 2 aromatic rings. The van der Waals surface area contributed by atoms with Crippen LogP contribution in [0.15, 0.2) is 41.6 Å². The minimum Gasteiger partial charge on any atom is -0.293 e. The Bertz CT molecular complexity index is 698. The van der Waals surface area contributed by atoms with Crippen molar-refractivity contribution >= 4 is 40.7 Å². The van der Waals surface area contributed by atoms with Gasteiger partial charge in [-0.3, -0.25) is 4.79 Å². The number of benzene rings is 1. The van der Waals surface area contributed by atoms with Gasteiger partial charge in [-0.1, -0.05) is 35.0 Å².